The molecule has 3 aromatic heterocycles. The van der Waals surface area contributed by atoms with Crippen molar-refractivity contribution in [3.63, 3.8) is 0 Å². The first-order valence-corrected chi connectivity index (χ1v) is 22.9. The van der Waals surface area contributed by atoms with Crippen LogP contribution in [0.25, 0.3) is 89.2 Å². The average molecular weight is 872 g/mol. The Hall–Kier alpha value is -9.12. The summed E-state index contributed by atoms with van der Waals surface area (Å²) in [7, 11) is 0. The predicted molar refractivity (Wildman–Crippen MR) is 276 cm³/mol. The molecule has 7 nitrogen and oxygen atoms in total. The van der Waals surface area contributed by atoms with Gasteiger partial charge in [0.05, 0.1) is 44.7 Å². The average Bonchev–Trinajstić information content (AvgIpc) is 3.92. The van der Waals surface area contributed by atoms with Gasteiger partial charge in [-0.15, -0.1) is 0 Å². The molecule has 7 heteroatoms. The van der Waals surface area contributed by atoms with Crippen molar-refractivity contribution in [1.82, 2.24) is 24.1 Å². The van der Waals surface area contributed by atoms with Gasteiger partial charge in [0.15, 0.2) is 5.82 Å². The summed E-state index contributed by atoms with van der Waals surface area (Å²) in [6, 6.07) is 76.7. The van der Waals surface area contributed by atoms with Crippen LogP contribution in [0.4, 0.5) is 17.1 Å². The third kappa shape index (κ3) is 6.01. The Morgan fingerprint density at radius 3 is 1.19 bits per heavy atom. The molecule has 12 aromatic rings. The molecule has 0 saturated heterocycles. The van der Waals surface area contributed by atoms with Crippen LogP contribution in [0.15, 0.2) is 212 Å². The van der Waals surface area contributed by atoms with Crippen LogP contribution < -0.4 is 4.90 Å². The van der Waals surface area contributed by atoms with Crippen molar-refractivity contribution in [2.45, 2.75) is 19.3 Å². The van der Waals surface area contributed by atoms with Crippen LogP contribution in [-0.4, -0.2) is 24.1 Å². The molecule has 1 aliphatic heterocycles. The lowest BCUT2D eigenvalue weighted by Crippen LogP contribution is -2.31. The minimum Gasteiger partial charge on any atom is -0.309 e. The van der Waals surface area contributed by atoms with E-state index in [0.717, 1.165) is 82.9 Å². The maximum absolute atomic E-state index is 11.2. The van der Waals surface area contributed by atoms with E-state index in [1.54, 1.807) is 0 Å². The molecule has 0 N–H and O–H groups in total. The first kappa shape index (κ1) is 39.3. The smallest absolute Gasteiger partial charge is 0.240 e. The highest BCUT2D eigenvalue weighted by Crippen LogP contribution is 2.54. The largest absolute Gasteiger partial charge is 0.309 e. The van der Waals surface area contributed by atoms with Gasteiger partial charge in [-0.05, 0) is 100 Å². The van der Waals surface area contributed by atoms with Crippen LogP contribution in [0.1, 0.15) is 30.5 Å². The summed E-state index contributed by atoms with van der Waals surface area (Å²) in [6.07, 6.45) is 0. The summed E-state index contributed by atoms with van der Waals surface area (Å²) >= 11 is 0. The Kier molecular flexibility index (Phi) is 8.79. The number of fused-ring (bicyclic) bond motifs is 8. The summed E-state index contributed by atoms with van der Waals surface area (Å²) < 4.78 is 4.26. The molecule has 0 fully saturated rings. The van der Waals surface area contributed by atoms with Gasteiger partial charge in [0.2, 0.25) is 11.9 Å². The molecule has 0 spiro atoms. The first-order chi connectivity index (χ1) is 33.4. The molecule has 0 aliphatic carbocycles. The van der Waals surface area contributed by atoms with E-state index in [1.807, 2.05) is 12.1 Å². The number of aromatic nitrogens is 5. The predicted octanol–water partition coefficient (Wildman–Crippen LogP) is 15.0. The van der Waals surface area contributed by atoms with E-state index in [2.05, 4.69) is 234 Å². The van der Waals surface area contributed by atoms with E-state index in [9.17, 15) is 5.26 Å². The second kappa shape index (κ2) is 15.2. The number of rotatable bonds is 6. The summed E-state index contributed by atoms with van der Waals surface area (Å²) in [6.45, 7) is 4.62. The van der Waals surface area contributed by atoms with Gasteiger partial charge in [-0.1, -0.05) is 159 Å². The second-order valence-electron chi connectivity index (χ2n) is 18.0. The molecule has 0 atom stereocenters. The topological polar surface area (TPSA) is 75.6 Å². The Morgan fingerprint density at radius 1 is 0.382 bits per heavy atom. The molecule has 0 unspecified atom stereocenters. The minimum absolute atomic E-state index is 0.374. The monoisotopic (exact) mass is 871 g/mol. The number of hydrogen-bond donors (Lipinski definition) is 0. The Balaban J connectivity index is 1.03. The van der Waals surface area contributed by atoms with Gasteiger partial charge in [0, 0.05) is 32.5 Å². The van der Waals surface area contributed by atoms with Crippen molar-refractivity contribution in [3.05, 3.63) is 229 Å². The highest BCUT2D eigenvalue weighted by atomic mass is 15.3. The normalized spacial score (nSPS) is 12.9. The standard InChI is InChI=1S/C61H41N7/c1-61(2)49-36-41(39-17-5-3-6-18-39)29-33-56(49)66(57-34-30-42(37-50(57)61)40-19-7-4-8-20-40)51-32-31-43(35-44(51)38-62)58-63-59(67-52-25-13-9-21-45(52)46-22-10-14-26-53(46)67)65-60(64-58)68-54-27-15-11-23-47(54)48-24-12-16-28-55(48)68/h3-37H,1-2H3. The molecular weight excluding hydrogens is 831 g/mol. The lowest BCUT2D eigenvalue weighted by Gasteiger charge is -2.42. The van der Waals surface area contributed by atoms with E-state index >= 15 is 0 Å². The zero-order chi connectivity index (χ0) is 45.5. The second-order valence-corrected chi connectivity index (χ2v) is 18.0. The lowest BCUT2D eigenvalue weighted by atomic mass is 9.72. The van der Waals surface area contributed by atoms with Crippen molar-refractivity contribution in [2.75, 3.05) is 4.90 Å². The van der Waals surface area contributed by atoms with Crippen molar-refractivity contribution >= 4 is 60.7 Å². The Morgan fingerprint density at radius 2 is 0.765 bits per heavy atom. The van der Waals surface area contributed by atoms with Gasteiger partial charge in [0.1, 0.15) is 6.07 Å². The van der Waals surface area contributed by atoms with E-state index in [1.165, 1.54) is 11.1 Å². The summed E-state index contributed by atoms with van der Waals surface area (Å²) in [4.78, 5) is 18.2. The zero-order valence-corrected chi connectivity index (χ0v) is 37.3. The first-order valence-electron chi connectivity index (χ1n) is 22.9. The molecule has 0 bridgehead atoms. The number of nitrogens with zero attached hydrogens (tertiary/aromatic N) is 7. The van der Waals surface area contributed by atoms with Gasteiger partial charge in [-0.25, -0.2) is 0 Å². The van der Waals surface area contributed by atoms with E-state index in [0.29, 0.717) is 28.8 Å². The van der Waals surface area contributed by atoms with E-state index in [-0.39, 0.29) is 5.41 Å². The molecule has 4 heterocycles. The minimum atomic E-state index is -0.374. The van der Waals surface area contributed by atoms with Crippen LogP contribution in [0.5, 0.6) is 0 Å². The van der Waals surface area contributed by atoms with Crippen LogP contribution in [0, 0.1) is 11.3 Å². The number of hydrogen-bond acceptors (Lipinski definition) is 5. The van der Waals surface area contributed by atoms with Crippen molar-refractivity contribution < 1.29 is 0 Å². The SMILES string of the molecule is CC1(C)c2cc(-c3ccccc3)ccc2N(c2ccc(-c3nc(-n4c5ccccc5c5ccccc54)nc(-n4c5ccccc5c5ccccc54)n3)cc2C#N)c2ccc(-c3ccccc3)cc21. The highest BCUT2D eigenvalue weighted by Gasteiger charge is 2.38. The highest BCUT2D eigenvalue weighted by molar-refractivity contribution is 6.10. The number of anilines is 3. The van der Waals surface area contributed by atoms with Crippen molar-refractivity contribution in [3.8, 4) is 51.6 Å². The molecule has 0 radical (unpaired) electrons. The maximum Gasteiger partial charge on any atom is 0.240 e. The van der Waals surface area contributed by atoms with Gasteiger partial charge >= 0.3 is 0 Å². The van der Waals surface area contributed by atoms with Crippen molar-refractivity contribution in [1.29, 1.82) is 5.26 Å². The van der Waals surface area contributed by atoms with Crippen molar-refractivity contribution in [2.24, 2.45) is 0 Å². The summed E-state index contributed by atoms with van der Waals surface area (Å²) in [5.74, 6) is 1.42. The fraction of sp³-hybridized carbons (Fsp3) is 0.0492. The molecule has 0 saturated carbocycles. The molecule has 68 heavy (non-hydrogen) atoms. The van der Waals surface area contributed by atoms with Crippen LogP contribution >= 0.6 is 0 Å². The molecule has 13 rings (SSSR count). The molecule has 9 aromatic carbocycles. The molecule has 320 valence electrons. The number of benzene rings is 9. The van der Waals surface area contributed by atoms with Gasteiger partial charge in [-0.2, -0.15) is 20.2 Å². The van der Waals surface area contributed by atoms with Crippen LogP contribution in [0.3, 0.4) is 0 Å². The third-order valence-electron chi connectivity index (χ3n) is 13.8. The van der Waals surface area contributed by atoms with Gasteiger partial charge in [-0.3, -0.25) is 9.13 Å². The molecule has 0 amide bonds. The van der Waals surface area contributed by atoms with Crippen LogP contribution in [0.2, 0.25) is 0 Å². The number of para-hydroxylation sites is 4. The van der Waals surface area contributed by atoms with Crippen LogP contribution in [-0.2, 0) is 5.41 Å². The van der Waals surface area contributed by atoms with Gasteiger partial charge in [0.25, 0.3) is 0 Å². The summed E-state index contributed by atoms with van der Waals surface area (Å²) in [5.41, 5.74) is 14.6. The quantitative estimate of drug-likeness (QED) is 0.166. The zero-order valence-electron chi connectivity index (χ0n) is 37.3. The van der Waals surface area contributed by atoms with E-state index in [4.69, 9.17) is 15.0 Å². The Labute approximate surface area is 393 Å². The maximum atomic E-state index is 11.2. The van der Waals surface area contributed by atoms with Gasteiger partial charge < -0.3 is 4.90 Å². The lowest BCUT2D eigenvalue weighted by molar-refractivity contribution is 0.632. The summed E-state index contributed by atoms with van der Waals surface area (Å²) in [5, 5.41) is 15.7. The fourth-order valence-corrected chi connectivity index (χ4v) is 10.5. The fourth-order valence-electron chi connectivity index (χ4n) is 10.5. The third-order valence-corrected chi connectivity index (χ3v) is 13.8. The molecule has 1 aliphatic rings. The Bertz CT molecular complexity index is 3690. The number of nitriles is 1. The molecular formula is C61H41N7. The van der Waals surface area contributed by atoms with E-state index < -0.39 is 0 Å².